The highest BCUT2D eigenvalue weighted by Crippen LogP contribution is 2.34. The number of hydrogen-bond donors (Lipinski definition) is 4. The number of carboxylic acids is 1. The topological polar surface area (TPSA) is 263 Å². The van der Waals surface area contributed by atoms with E-state index in [9.17, 15) is 24.0 Å². The maximum absolute atomic E-state index is 13.2. The molecule has 6 N–H and O–H groups in total. The van der Waals surface area contributed by atoms with Gasteiger partial charge in [0.2, 0.25) is 6.39 Å². The van der Waals surface area contributed by atoms with Crippen LogP contribution in [0.2, 0.25) is 0 Å². The molecule has 3 heterocycles. The number of aryl methyl sites for hydroxylation is 2. The van der Waals surface area contributed by atoms with Gasteiger partial charge in [0.25, 0.3) is 11.8 Å². The summed E-state index contributed by atoms with van der Waals surface area (Å²) in [4.78, 5) is 61.9. The van der Waals surface area contributed by atoms with Crippen LogP contribution in [-0.4, -0.2) is 76.7 Å². The number of carbonyl (C=O) groups is 5. The van der Waals surface area contributed by atoms with Gasteiger partial charge in [-0.05, 0) is 99.0 Å². The van der Waals surface area contributed by atoms with E-state index in [1.54, 1.807) is 60.7 Å². The number of nitrogen functional groups attached to an aromatic ring is 2. The Hall–Kier alpha value is -8.41. The maximum Gasteiger partial charge on any atom is 0.341 e. The van der Waals surface area contributed by atoms with Crippen LogP contribution in [0.3, 0.4) is 0 Å². The lowest BCUT2D eigenvalue weighted by molar-refractivity contribution is -0.139. The lowest BCUT2D eigenvalue weighted by atomic mass is 10.0. The number of benzene rings is 4. The number of ketones is 3. The van der Waals surface area contributed by atoms with Gasteiger partial charge in [-0.25, -0.2) is 14.2 Å². The number of aliphatic carboxylic acids is 1. The fourth-order valence-corrected chi connectivity index (χ4v) is 6.95. The Morgan fingerprint density at radius 2 is 1.29 bits per heavy atom. The molecule has 0 saturated heterocycles. The number of Topliss-reactive ketones (excluding diaryl/α,β-unsaturated/α-hetero) is 1. The van der Waals surface area contributed by atoms with Gasteiger partial charge in [0.15, 0.2) is 30.6 Å². The Morgan fingerprint density at radius 1 is 0.727 bits per heavy atom. The lowest BCUT2D eigenvalue weighted by Crippen LogP contribution is -2.25. The largest absolute Gasteiger partial charge is 0.484 e. The van der Waals surface area contributed by atoms with E-state index >= 15 is 0 Å². The monoisotopic (exact) mass is 891 g/mol. The first-order valence-corrected chi connectivity index (χ1v) is 21.1. The van der Waals surface area contributed by atoms with Gasteiger partial charge in [-0.2, -0.15) is 10.2 Å². The zero-order chi connectivity index (χ0) is 46.5. The van der Waals surface area contributed by atoms with Gasteiger partial charge in [-0.1, -0.05) is 42.5 Å². The number of rotatable bonds is 17. The van der Waals surface area contributed by atoms with Crippen molar-refractivity contribution in [3.63, 3.8) is 0 Å². The minimum Gasteiger partial charge on any atom is -0.484 e. The van der Waals surface area contributed by atoms with Crippen LogP contribution < -0.4 is 26.3 Å². The van der Waals surface area contributed by atoms with Gasteiger partial charge in [0, 0.05) is 34.7 Å². The van der Waals surface area contributed by atoms with E-state index in [0.717, 1.165) is 36.8 Å². The fourth-order valence-electron chi connectivity index (χ4n) is 6.95. The van der Waals surface area contributed by atoms with Crippen molar-refractivity contribution in [3.05, 3.63) is 154 Å². The maximum atomic E-state index is 13.2. The standard InChI is InChI=1S/C25H23N5O4.C23H22N4O5/c1-15-5-8-17(22(31)9-16-6-7-16)11-21(15)30-25(26)20(12-28-30)24(32)18-3-2-4-19(10-18)33-13-23-29-27-14-34-23;1-13-5-6-15(23(31)26-16-7-8-16)10-19(13)27-22(24)18(11-25-27)21(30)14-3-2-4-17(9-14)32-12-20(28)29/h2-5,8,10-12,14,16H,6-7,9,13,26H2,1H3;2-6,9-11,16H,7-8,12,24H2,1H3,(H,26,31)(H,28,29). The number of aromatic nitrogens is 6. The van der Waals surface area contributed by atoms with Crippen LogP contribution in [0.4, 0.5) is 11.6 Å². The molecule has 4 aromatic carbocycles. The molecule has 2 saturated carbocycles. The molecule has 18 nitrogen and oxygen atoms in total. The van der Waals surface area contributed by atoms with Crippen molar-refractivity contribution < 1.29 is 43.0 Å². The molecule has 0 unspecified atom stereocenters. The Labute approximate surface area is 377 Å². The number of nitrogens with zero attached hydrogens (tertiary/aromatic N) is 6. The molecular weight excluding hydrogens is 847 g/mol. The third-order valence-electron chi connectivity index (χ3n) is 11.0. The molecule has 3 aromatic heterocycles. The summed E-state index contributed by atoms with van der Waals surface area (Å²) in [6.45, 7) is 3.36. The van der Waals surface area contributed by atoms with E-state index in [-0.39, 0.29) is 70.0 Å². The van der Waals surface area contributed by atoms with Gasteiger partial charge < -0.3 is 35.8 Å². The normalized spacial score (nSPS) is 13.0. The molecule has 18 heteroatoms. The van der Waals surface area contributed by atoms with Gasteiger partial charge >= 0.3 is 5.97 Å². The first kappa shape index (κ1) is 44.2. The molecule has 2 aliphatic carbocycles. The molecule has 1 amide bonds. The first-order valence-electron chi connectivity index (χ1n) is 21.1. The number of ether oxygens (including phenoxy) is 2. The Kier molecular flexibility index (Phi) is 12.8. The fraction of sp³-hybridized carbons (Fsp3) is 0.229. The summed E-state index contributed by atoms with van der Waals surface area (Å²) in [6, 6.07) is 23.9. The second-order valence-electron chi connectivity index (χ2n) is 16.0. The summed E-state index contributed by atoms with van der Waals surface area (Å²) < 4.78 is 18.8. The number of carboxylic acid groups (broad SMARTS) is 1. The molecule has 336 valence electrons. The third-order valence-corrected chi connectivity index (χ3v) is 11.0. The van der Waals surface area contributed by atoms with E-state index in [2.05, 4.69) is 25.7 Å². The van der Waals surface area contributed by atoms with Crippen molar-refractivity contribution in [3.8, 4) is 22.9 Å². The van der Waals surface area contributed by atoms with Crippen LogP contribution in [0.15, 0.2) is 108 Å². The molecular formula is C48H45N9O9. The van der Waals surface area contributed by atoms with Crippen molar-refractivity contribution in [1.82, 2.24) is 35.1 Å². The predicted octanol–water partition coefficient (Wildman–Crippen LogP) is 6.29. The van der Waals surface area contributed by atoms with Crippen LogP contribution in [0, 0.1) is 19.8 Å². The van der Waals surface area contributed by atoms with Crippen LogP contribution in [-0.2, 0) is 11.4 Å². The highest BCUT2D eigenvalue weighted by Gasteiger charge is 2.27. The third kappa shape index (κ3) is 10.3. The van der Waals surface area contributed by atoms with E-state index in [1.165, 1.54) is 34.2 Å². The van der Waals surface area contributed by atoms with Gasteiger partial charge in [0.05, 0.1) is 34.9 Å². The quantitative estimate of drug-likeness (QED) is 0.0733. The van der Waals surface area contributed by atoms with E-state index in [4.69, 9.17) is 30.5 Å². The molecule has 0 radical (unpaired) electrons. The SMILES string of the molecule is Cc1ccc(C(=O)CC2CC2)cc1-n1ncc(C(=O)c2cccc(OCc3nnco3)c2)c1N.Cc1ccc(C(=O)NC2CC2)cc1-n1ncc(C(=O)c2cccc(OCC(=O)O)c2)c1N. The molecule has 7 aromatic rings. The zero-order valence-corrected chi connectivity index (χ0v) is 36.0. The highest BCUT2D eigenvalue weighted by molar-refractivity contribution is 6.12. The summed E-state index contributed by atoms with van der Waals surface area (Å²) in [5, 5.41) is 27.7. The van der Waals surface area contributed by atoms with Crippen LogP contribution in [0.1, 0.15) is 102 Å². The van der Waals surface area contributed by atoms with E-state index in [1.807, 2.05) is 32.0 Å². The summed E-state index contributed by atoms with van der Waals surface area (Å²) in [6.07, 6.45) is 8.82. The van der Waals surface area contributed by atoms with Crippen molar-refractivity contribution in [2.75, 3.05) is 18.1 Å². The van der Waals surface area contributed by atoms with Crippen LogP contribution in [0.5, 0.6) is 11.5 Å². The summed E-state index contributed by atoms with van der Waals surface area (Å²) >= 11 is 0. The number of anilines is 2. The number of hydrogen-bond acceptors (Lipinski definition) is 14. The van der Waals surface area contributed by atoms with E-state index in [0.29, 0.717) is 52.0 Å². The predicted molar refractivity (Wildman–Crippen MR) is 239 cm³/mol. The molecule has 66 heavy (non-hydrogen) atoms. The number of nitrogens with one attached hydrogen (secondary N) is 1. The molecule has 0 atom stereocenters. The summed E-state index contributed by atoms with van der Waals surface area (Å²) in [5.74, 6) is 0.0839. The number of carbonyl (C=O) groups excluding carboxylic acids is 4. The van der Waals surface area contributed by atoms with Gasteiger partial charge in [-0.3, -0.25) is 19.2 Å². The zero-order valence-electron chi connectivity index (χ0n) is 36.0. The highest BCUT2D eigenvalue weighted by atomic mass is 16.5. The van der Waals surface area contributed by atoms with Crippen molar-refractivity contribution in [1.29, 1.82) is 0 Å². The van der Waals surface area contributed by atoms with Crippen molar-refractivity contribution in [2.45, 2.75) is 58.6 Å². The Morgan fingerprint density at radius 3 is 1.82 bits per heavy atom. The van der Waals surface area contributed by atoms with Crippen molar-refractivity contribution >= 4 is 40.9 Å². The van der Waals surface area contributed by atoms with E-state index < -0.39 is 12.6 Å². The van der Waals surface area contributed by atoms with Gasteiger partial charge in [-0.15, -0.1) is 10.2 Å². The molecule has 0 spiro atoms. The summed E-state index contributed by atoms with van der Waals surface area (Å²) in [5.41, 5.74) is 17.9. The minimum atomic E-state index is -1.12. The average Bonchev–Trinajstić information content (AvgIpc) is 4.18. The molecule has 0 aliphatic heterocycles. The Balaban J connectivity index is 0.000000180. The van der Waals surface area contributed by atoms with Crippen LogP contribution in [0.25, 0.3) is 11.4 Å². The number of amides is 1. The average molecular weight is 892 g/mol. The first-order chi connectivity index (χ1) is 31.8. The molecule has 2 fully saturated rings. The Bertz CT molecular complexity index is 2970. The minimum absolute atomic E-state index is 0.0901. The second kappa shape index (κ2) is 19.1. The molecule has 9 rings (SSSR count). The van der Waals surface area contributed by atoms with Gasteiger partial charge in [0.1, 0.15) is 23.1 Å². The molecule has 2 aliphatic rings. The van der Waals surface area contributed by atoms with Crippen molar-refractivity contribution in [2.24, 2.45) is 5.92 Å². The molecule has 0 bridgehead atoms. The lowest BCUT2D eigenvalue weighted by Gasteiger charge is -2.11. The van der Waals surface area contributed by atoms with Crippen LogP contribution >= 0.6 is 0 Å². The second-order valence-corrected chi connectivity index (χ2v) is 16.0. The number of nitrogens with two attached hydrogens (primary N) is 2. The smallest absolute Gasteiger partial charge is 0.341 e. The summed E-state index contributed by atoms with van der Waals surface area (Å²) in [7, 11) is 0.